The highest BCUT2D eigenvalue weighted by molar-refractivity contribution is 7.85. The van der Waals surface area contributed by atoms with Crippen LogP contribution in [0.5, 0.6) is 0 Å². The van der Waals surface area contributed by atoms with Crippen molar-refractivity contribution in [1.29, 1.82) is 0 Å². The first kappa shape index (κ1) is 17.6. The summed E-state index contributed by atoms with van der Waals surface area (Å²) in [5, 5.41) is 2.89. The monoisotopic (exact) mass is 372 g/mol. The Morgan fingerprint density at radius 2 is 1.81 bits per heavy atom. The highest BCUT2D eigenvalue weighted by Crippen LogP contribution is 2.21. The number of nitrogens with zero attached hydrogens (tertiary/aromatic N) is 3. The topological polar surface area (TPSA) is 129 Å². The molecule has 0 bridgehead atoms. The van der Waals surface area contributed by atoms with E-state index in [1.165, 1.54) is 24.3 Å². The lowest BCUT2D eigenvalue weighted by molar-refractivity contribution is 0.483. The predicted octanol–water partition coefficient (Wildman–Crippen LogP) is 2.27. The van der Waals surface area contributed by atoms with Crippen LogP contribution in [0, 0.1) is 0 Å². The lowest BCUT2D eigenvalue weighted by Gasteiger charge is -2.12. The molecule has 3 rings (SSSR count). The Bertz CT molecular complexity index is 994. The molecule has 2 aromatic heterocycles. The summed E-state index contributed by atoms with van der Waals surface area (Å²) >= 11 is 0. The van der Waals surface area contributed by atoms with Crippen molar-refractivity contribution in [2.75, 3.05) is 23.2 Å². The predicted molar refractivity (Wildman–Crippen MR) is 98.3 cm³/mol. The molecule has 0 aliphatic heterocycles. The third kappa shape index (κ3) is 4.23. The largest absolute Gasteiger partial charge is 0.357 e. The molecular weight excluding hydrogens is 356 g/mol. The minimum atomic E-state index is -4.21. The molecule has 26 heavy (non-hydrogen) atoms. The Morgan fingerprint density at radius 3 is 2.42 bits per heavy atom. The number of benzene rings is 1. The summed E-state index contributed by atoms with van der Waals surface area (Å²) < 4.78 is 31.1. The van der Waals surface area contributed by atoms with Gasteiger partial charge in [-0.05, 0) is 36.4 Å². The Morgan fingerprint density at radius 1 is 1.04 bits per heavy atom. The van der Waals surface area contributed by atoms with Gasteiger partial charge >= 0.3 is 0 Å². The summed E-state index contributed by atoms with van der Waals surface area (Å²) in [6, 6.07) is 11.1. The summed E-state index contributed by atoms with van der Waals surface area (Å²) in [6.45, 7) is 0. The zero-order chi connectivity index (χ0) is 18.6. The Kier molecular flexibility index (Phi) is 4.96. The Balaban J connectivity index is 1.79. The quantitative estimate of drug-likeness (QED) is 0.380. The molecule has 1 aromatic carbocycles. The van der Waals surface area contributed by atoms with E-state index in [0.717, 1.165) is 5.56 Å². The molecule has 3 aromatic rings. The molecule has 9 nitrogen and oxygen atoms in total. The van der Waals surface area contributed by atoms with E-state index < -0.39 is 10.1 Å². The van der Waals surface area contributed by atoms with E-state index in [9.17, 15) is 8.42 Å². The number of aromatic nitrogens is 3. The number of anilines is 3. The SMILES string of the molecule is CNc1nc(NNc2ccc(S(=O)(=O)O)cc2)cc(-c2cccnc2)n1. The molecule has 0 radical (unpaired) electrons. The second-order valence-electron chi connectivity index (χ2n) is 5.20. The summed E-state index contributed by atoms with van der Waals surface area (Å²) in [6.07, 6.45) is 3.38. The van der Waals surface area contributed by atoms with Crippen molar-refractivity contribution >= 4 is 27.6 Å². The van der Waals surface area contributed by atoms with Gasteiger partial charge in [0.1, 0.15) is 0 Å². The number of pyridine rings is 1. The van der Waals surface area contributed by atoms with E-state index >= 15 is 0 Å². The molecule has 0 saturated heterocycles. The van der Waals surface area contributed by atoms with Crippen molar-refractivity contribution in [1.82, 2.24) is 15.0 Å². The molecule has 10 heteroatoms. The van der Waals surface area contributed by atoms with E-state index in [1.807, 2.05) is 12.1 Å². The fourth-order valence-corrected chi connectivity index (χ4v) is 2.61. The first-order valence-corrected chi connectivity index (χ1v) is 8.96. The van der Waals surface area contributed by atoms with Crippen LogP contribution in [0.15, 0.2) is 59.8 Å². The molecule has 0 atom stereocenters. The van der Waals surface area contributed by atoms with Crippen LogP contribution in [-0.4, -0.2) is 35.0 Å². The number of hydrogen-bond donors (Lipinski definition) is 4. The Hall–Kier alpha value is -3.24. The average molecular weight is 372 g/mol. The summed E-state index contributed by atoms with van der Waals surface area (Å²) in [5.74, 6) is 0.930. The van der Waals surface area contributed by atoms with Crippen molar-refractivity contribution in [3.8, 4) is 11.3 Å². The van der Waals surface area contributed by atoms with E-state index in [-0.39, 0.29) is 4.90 Å². The van der Waals surface area contributed by atoms with Gasteiger partial charge in [0, 0.05) is 31.1 Å². The van der Waals surface area contributed by atoms with Crippen molar-refractivity contribution < 1.29 is 13.0 Å². The van der Waals surface area contributed by atoms with E-state index in [4.69, 9.17) is 4.55 Å². The van der Waals surface area contributed by atoms with E-state index in [0.29, 0.717) is 23.1 Å². The van der Waals surface area contributed by atoms with Crippen LogP contribution in [-0.2, 0) is 10.1 Å². The van der Waals surface area contributed by atoms with Crippen LogP contribution in [0.1, 0.15) is 0 Å². The van der Waals surface area contributed by atoms with Gasteiger partial charge < -0.3 is 5.32 Å². The van der Waals surface area contributed by atoms with Crippen LogP contribution < -0.4 is 16.2 Å². The standard InChI is InChI=1S/C16H16N6O3S/c1-17-16-19-14(11-3-2-8-18-10-11)9-15(20-16)22-21-12-4-6-13(7-5-12)26(23,24)25/h2-10,21H,1H3,(H,23,24,25)(H2,17,19,20,22). The second-order valence-corrected chi connectivity index (χ2v) is 6.62. The molecule has 4 N–H and O–H groups in total. The highest BCUT2D eigenvalue weighted by Gasteiger charge is 2.09. The lowest BCUT2D eigenvalue weighted by atomic mass is 10.2. The fraction of sp³-hybridized carbons (Fsp3) is 0.0625. The van der Waals surface area contributed by atoms with Crippen LogP contribution in [0.2, 0.25) is 0 Å². The van der Waals surface area contributed by atoms with Crippen molar-refractivity contribution in [3.05, 3.63) is 54.9 Å². The first-order valence-electron chi connectivity index (χ1n) is 7.52. The number of hydrogen-bond acceptors (Lipinski definition) is 8. The molecule has 2 heterocycles. The molecule has 134 valence electrons. The first-order chi connectivity index (χ1) is 12.5. The van der Waals surface area contributed by atoms with Gasteiger partial charge in [0.15, 0.2) is 5.82 Å². The zero-order valence-corrected chi connectivity index (χ0v) is 14.5. The molecule has 0 spiro atoms. The van der Waals surface area contributed by atoms with Crippen LogP contribution >= 0.6 is 0 Å². The van der Waals surface area contributed by atoms with Gasteiger partial charge in [-0.1, -0.05) is 0 Å². The van der Waals surface area contributed by atoms with Gasteiger partial charge in [-0.25, -0.2) is 4.98 Å². The summed E-state index contributed by atoms with van der Waals surface area (Å²) in [5.41, 5.74) is 7.95. The van der Waals surface area contributed by atoms with Crippen molar-refractivity contribution in [2.45, 2.75) is 4.90 Å². The van der Waals surface area contributed by atoms with Crippen LogP contribution in [0.25, 0.3) is 11.3 Å². The fourth-order valence-electron chi connectivity index (χ4n) is 2.13. The molecule has 0 aliphatic rings. The average Bonchev–Trinajstić information content (AvgIpc) is 2.66. The van der Waals surface area contributed by atoms with Crippen molar-refractivity contribution in [2.24, 2.45) is 0 Å². The van der Waals surface area contributed by atoms with Gasteiger partial charge in [0.2, 0.25) is 5.95 Å². The van der Waals surface area contributed by atoms with Crippen LogP contribution in [0.3, 0.4) is 0 Å². The minimum Gasteiger partial charge on any atom is -0.357 e. The van der Waals surface area contributed by atoms with E-state index in [2.05, 4.69) is 31.1 Å². The lowest BCUT2D eigenvalue weighted by Crippen LogP contribution is -2.12. The van der Waals surface area contributed by atoms with Gasteiger partial charge in [-0.15, -0.1) is 0 Å². The maximum absolute atomic E-state index is 11.1. The minimum absolute atomic E-state index is 0.179. The maximum atomic E-state index is 11.1. The van der Waals surface area contributed by atoms with E-state index in [1.54, 1.807) is 25.5 Å². The summed E-state index contributed by atoms with van der Waals surface area (Å²) in [4.78, 5) is 12.6. The maximum Gasteiger partial charge on any atom is 0.294 e. The number of rotatable bonds is 6. The molecule has 0 aliphatic carbocycles. The second kappa shape index (κ2) is 7.33. The van der Waals surface area contributed by atoms with Gasteiger partial charge in [0.05, 0.1) is 16.3 Å². The molecule has 0 amide bonds. The van der Waals surface area contributed by atoms with Gasteiger partial charge in [-0.2, -0.15) is 13.4 Å². The molecule has 0 fully saturated rings. The van der Waals surface area contributed by atoms with Crippen LogP contribution in [0.4, 0.5) is 17.5 Å². The molecular formula is C16H16N6O3S. The molecule has 0 unspecified atom stereocenters. The van der Waals surface area contributed by atoms with Gasteiger partial charge in [-0.3, -0.25) is 20.4 Å². The third-order valence-electron chi connectivity index (χ3n) is 3.39. The highest BCUT2D eigenvalue weighted by atomic mass is 32.2. The normalized spacial score (nSPS) is 11.0. The third-order valence-corrected chi connectivity index (χ3v) is 4.26. The number of hydrazine groups is 1. The molecule has 0 saturated carbocycles. The summed E-state index contributed by atoms with van der Waals surface area (Å²) in [7, 11) is -2.50. The van der Waals surface area contributed by atoms with Crippen molar-refractivity contribution in [3.63, 3.8) is 0 Å². The van der Waals surface area contributed by atoms with Gasteiger partial charge in [0.25, 0.3) is 10.1 Å². The zero-order valence-electron chi connectivity index (χ0n) is 13.7. The Labute approximate surface area is 150 Å². The smallest absolute Gasteiger partial charge is 0.294 e. The number of nitrogens with one attached hydrogen (secondary N) is 3.